The normalized spacial score (nSPS) is 8.42. The first-order chi connectivity index (χ1) is 7.34. The summed E-state index contributed by atoms with van der Waals surface area (Å²) in [5, 5.41) is 11.7. The minimum Gasteiger partial charge on any atom is -0.478 e. The number of benzene rings is 1. The van der Waals surface area contributed by atoms with Crippen LogP contribution in [-0.2, 0) is 4.79 Å². The molecule has 0 aliphatic heterocycles. The zero-order valence-electron chi connectivity index (χ0n) is 9.97. The SMILES string of the molecule is CC(=O)Nc1c(I)cc(I)c(C(=O)O)c1I.O.O.[Na]. The van der Waals surface area contributed by atoms with Gasteiger partial charge in [-0.2, -0.15) is 0 Å². The molecule has 0 aliphatic carbocycles. The van der Waals surface area contributed by atoms with Gasteiger partial charge in [-0.15, -0.1) is 0 Å². The van der Waals surface area contributed by atoms with Crippen molar-refractivity contribution < 1.29 is 25.6 Å². The Morgan fingerprint density at radius 1 is 1.16 bits per heavy atom. The Labute approximate surface area is 172 Å². The second-order valence-electron chi connectivity index (χ2n) is 2.89. The fourth-order valence-electron chi connectivity index (χ4n) is 1.08. The summed E-state index contributed by atoms with van der Waals surface area (Å²) < 4.78 is 2.04. The van der Waals surface area contributed by atoms with Crippen molar-refractivity contribution in [1.29, 1.82) is 0 Å². The number of carbonyl (C=O) groups excluding carboxylic acids is 1. The molecule has 6 nitrogen and oxygen atoms in total. The second kappa shape index (κ2) is 10.9. The molecule has 103 valence electrons. The fraction of sp³-hybridized carbons (Fsp3) is 0.111. The van der Waals surface area contributed by atoms with Gasteiger partial charge in [-0.05, 0) is 73.8 Å². The third kappa shape index (κ3) is 6.71. The minimum absolute atomic E-state index is 0. The van der Waals surface area contributed by atoms with Gasteiger partial charge in [-0.25, -0.2) is 4.79 Å². The van der Waals surface area contributed by atoms with Crippen LogP contribution in [0.25, 0.3) is 0 Å². The summed E-state index contributed by atoms with van der Waals surface area (Å²) in [7, 11) is 0. The number of carbonyl (C=O) groups is 2. The molecule has 0 fully saturated rings. The Kier molecular flexibility index (Phi) is 14.5. The van der Waals surface area contributed by atoms with E-state index in [1.807, 2.05) is 45.2 Å². The standard InChI is InChI=1S/C9H6I3NO3.Na.2H2O/c1-3(14)13-8-5(11)2-4(10)6(7(8)12)9(15)16;;;/h2H,1H3,(H,13,14)(H,15,16);;2*1H2. The topological polar surface area (TPSA) is 129 Å². The monoisotopic (exact) mass is 616 g/mol. The molecule has 0 aliphatic rings. The van der Waals surface area contributed by atoms with E-state index in [0.717, 1.165) is 3.57 Å². The van der Waals surface area contributed by atoms with Crippen molar-refractivity contribution in [3.8, 4) is 0 Å². The fourth-order valence-corrected chi connectivity index (χ4v) is 5.18. The van der Waals surface area contributed by atoms with Crippen molar-refractivity contribution in [2.75, 3.05) is 5.32 Å². The number of nitrogens with one attached hydrogen (secondary N) is 1. The molecule has 1 aromatic rings. The zero-order valence-corrected chi connectivity index (χ0v) is 18.4. The number of aromatic carboxylic acids is 1. The number of halogens is 3. The predicted octanol–water partition coefficient (Wildman–Crippen LogP) is 1.13. The number of rotatable bonds is 2. The quantitative estimate of drug-likeness (QED) is 0.382. The second-order valence-corrected chi connectivity index (χ2v) is 6.29. The summed E-state index contributed by atoms with van der Waals surface area (Å²) in [4.78, 5) is 22.1. The van der Waals surface area contributed by atoms with Gasteiger partial charge >= 0.3 is 5.97 Å². The summed E-state index contributed by atoms with van der Waals surface area (Å²) in [6.07, 6.45) is 0. The molecular formula is C9H10I3NNaO5. The molecule has 0 unspecified atom stereocenters. The minimum atomic E-state index is -0.989. The molecule has 0 bridgehead atoms. The van der Waals surface area contributed by atoms with Gasteiger partial charge in [0, 0.05) is 43.6 Å². The Hall–Kier alpha value is 1.27. The maximum Gasteiger partial charge on any atom is 0.337 e. The average Bonchev–Trinajstić information content (AvgIpc) is 2.10. The molecule has 0 aromatic heterocycles. The first-order valence-electron chi connectivity index (χ1n) is 4.03. The van der Waals surface area contributed by atoms with Crippen molar-refractivity contribution in [1.82, 2.24) is 0 Å². The van der Waals surface area contributed by atoms with E-state index in [4.69, 9.17) is 5.11 Å². The molecule has 10 heteroatoms. The molecule has 1 radical (unpaired) electrons. The molecule has 0 heterocycles. The first-order valence-corrected chi connectivity index (χ1v) is 7.26. The van der Waals surface area contributed by atoms with Crippen LogP contribution in [0.1, 0.15) is 17.3 Å². The molecule has 19 heavy (non-hydrogen) atoms. The largest absolute Gasteiger partial charge is 0.478 e. The summed E-state index contributed by atoms with van der Waals surface area (Å²) in [6, 6.07) is 1.73. The van der Waals surface area contributed by atoms with Crippen LogP contribution in [0.15, 0.2) is 6.07 Å². The number of hydrogen-bond acceptors (Lipinski definition) is 2. The maximum absolute atomic E-state index is 11.1. The number of anilines is 1. The van der Waals surface area contributed by atoms with Gasteiger partial charge in [0.15, 0.2) is 0 Å². The Bertz CT molecular complexity index is 483. The number of hydrogen-bond donors (Lipinski definition) is 2. The van der Waals surface area contributed by atoms with Crippen molar-refractivity contribution in [2.45, 2.75) is 6.92 Å². The third-order valence-electron chi connectivity index (χ3n) is 1.68. The smallest absolute Gasteiger partial charge is 0.337 e. The third-order valence-corrected chi connectivity index (χ3v) is 4.47. The van der Waals surface area contributed by atoms with Crippen LogP contribution in [0.2, 0.25) is 0 Å². The van der Waals surface area contributed by atoms with E-state index in [-0.39, 0.29) is 52.0 Å². The molecule has 1 rings (SSSR count). The van der Waals surface area contributed by atoms with E-state index in [0.29, 0.717) is 12.8 Å². The Morgan fingerprint density at radius 2 is 1.63 bits per heavy atom. The van der Waals surface area contributed by atoms with Crippen molar-refractivity contribution in [3.63, 3.8) is 0 Å². The van der Waals surface area contributed by atoms with Gasteiger partial charge in [0.1, 0.15) is 0 Å². The summed E-state index contributed by atoms with van der Waals surface area (Å²) in [5.74, 6) is -1.20. The van der Waals surface area contributed by atoms with E-state index in [2.05, 4.69) is 27.9 Å². The van der Waals surface area contributed by atoms with Gasteiger partial charge < -0.3 is 21.4 Å². The molecule has 1 amide bonds. The van der Waals surface area contributed by atoms with Crippen LogP contribution in [-0.4, -0.2) is 57.5 Å². The molecule has 0 spiro atoms. The molecule has 0 saturated carbocycles. The van der Waals surface area contributed by atoms with Gasteiger partial charge in [-0.1, -0.05) is 0 Å². The van der Waals surface area contributed by atoms with Crippen LogP contribution in [0.5, 0.6) is 0 Å². The van der Waals surface area contributed by atoms with Crippen LogP contribution in [0, 0.1) is 10.7 Å². The zero-order chi connectivity index (χ0) is 12.5. The van der Waals surface area contributed by atoms with Crippen molar-refractivity contribution in [3.05, 3.63) is 22.3 Å². The van der Waals surface area contributed by atoms with E-state index < -0.39 is 5.97 Å². The predicted molar refractivity (Wildman–Crippen MR) is 98.8 cm³/mol. The molecule has 0 atom stereocenters. The molecular weight excluding hydrogens is 606 g/mol. The van der Waals surface area contributed by atoms with Crippen molar-refractivity contribution >= 4 is 115 Å². The Balaban J connectivity index is -0.000000853. The van der Waals surface area contributed by atoms with Crippen LogP contribution >= 0.6 is 67.8 Å². The van der Waals surface area contributed by atoms with Crippen LogP contribution in [0.3, 0.4) is 0 Å². The van der Waals surface area contributed by atoms with Gasteiger partial charge in [-0.3, -0.25) is 4.79 Å². The van der Waals surface area contributed by atoms with Gasteiger partial charge in [0.25, 0.3) is 0 Å². The van der Waals surface area contributed by atoms with E-state index in [1.54, 1.807) is 6.07 Å². The average molecular weight is 616 g/mol. The number of carboxylic acids is 1. The van der Waals surface area contributed by atoms with Gasteiger partial charge in [0.2, 0.25) is 5.91 Å². The molecule has 0 saturated heterocycles. The van der Waals surface area contributed by atoms with E-state index in [1.165, 1.54) is 6.92 Å². The maximum atomic E-state index is 11.1. The van der Waals surface area contributed by atoms with Gasteiger partial charge in [0.05, 0.1) is 14.8 Å². The van der Waals surface area contributed by atoms with Crippen LogP contribution < -0.4 is 5.32 Å². The number of amides is 1. The van der Waals surface area contributed by atoms with E-state index in [9.17, 15) is 9.59 Å². The summed E-state index contributed by atoms with van der Waals surface area (Å²) in [5.41, 5.74) is 0.789. The Morgan fingerprint density at radius 3 is 2.00 bits per heavy atom. The number of carboxylic acid groups (broad SMARTS) is 1. The van der Waals surface area contributed by atoms with Crippen LogP contribution in [0.4, 0.5) is 5.69 Å². The molecule has 6 N–H and O–H groups in total. The van der Waals surface area contributed by atoms with E-state index >= 15 is 0 Å². The molecule has 1 aromatic carbocycles. The van der Waals surface area contributed by atoms with Crippen molar-refractivity contribution in [2.24, 2.45) is 0 Å². The first kappa shape index (κ1) is 25.2. The summed E-state index contributed by atoms with van der Waals surface area (Å²) >= 11 is 5.98. The summed E-state index contributed by atoms with van der Waals surface area (Å²) in [6.45, 7) is 1.39.